The van der Waals surface area contributed by atoms with Crippen LogP contribution in [0.5, 0.6) is 5.75 Å². The summed E-state index contributed by atoms with van der Waals surface area (Å²) >= 11 is 5.86. The van der Waals surface area contributed by atoms with Crippen LogP contribution in [0.4, 0.5) is 5.69 Å². The maximum atomic E-state index is 11.8. The highest BCUT2D eigenvalue weighted by Gasteiger charge is 2.07. The summed E-state index contributed by atoms with van der Waals surface area (Å²) in [5, 5.41) is 3.25. The number of hydrogen-bond acceptors (Lipinski definition) is 4. The van der Waals surface area contributed by atoms with Crippen LogP contribution in [0, 0.1) is 6.92 Å². The van der Waals surface area contributed by atoms with Crippen molar-refractivity contribution < 1.29 is 19.1 Å². The van der Waals surface area contributed by atoms with Crippen molar-refractivity contribution in [3.05, 3.63) is 64.7 Å². The number of hydrogen-bond donors (Lipinski definition) is 1. The SMILES string of the molecule is COc1cccc(/C=C/C(=O)OCC(=O)Nc2ccc(Cl)cc2C)c1. The second kappa shape index (κ2) is 8.89. The van der Waals surface area contributed by atoms with E-state index in [2.05, 4.69) is 5.32 Å². The predicted octanol–water partition coefficient (Wildman–Crippen LogP) is 3.85. The van der Waals surface area contributed by atoms with Gasteiger partial charge in [-0.3, -0.25) is 4.79 Å². The summed E-state index contributed by atoms with van der Waals surface area (Å²) in [5.74, 6) is -0.340. The standard InChI is InChI=1S/C19H18ClNO4/c1-13-10-15(20)7-8-17(13)21-18(22)12-25-19(23)9-6-14-4-3-5-16(11-14)24-2/h3-11H,12H2,1-2H3,(H,21,22)/b9-6+. The molecular formula is C19H18ClNO4. The fourth-order valence-corrected chi connectivity index (χ4v) is 2.27. The molecule has 2 aromatic carbocycles. The van der Waals surface area contributed by atoms with Gasteiger partial charge in [0.1, 0.15) is 5.75 Å². The Labute approximate surface area is 151 Å². The van der Waals surface area contributed by atoms with Crippen LogP contribution in [-0.4, -0.2) is 25.6 Å². The van der Waals surface area contributed by atoms with Crippen molar-refractivity contribution in [1.29, 1.82) is 0 Å². The van der Waals surface area contributed by atoms with E-state index in [1.54, 1.807) is 43.5 Å². The molecule has 130 valence electrons. The third-order valence-corrected chi connectivity index (χ3v) is 3.55. The maximum Gasteiger partial charge on any atom is 0.331 e. The van der Waals surface area contributed by atoms with Crippen LogP contribution in [-0.2, 0) is 14.3 Å². The minimum atomic E-state index is -0.606. The minimum absolute atomic E-state index is 0.372. The molecular weight excluding hydrogens is 342 g/mol. The number of nitrogens with one attached hydrogen (secondary N) is 1. The maximum absolute atomic E-state index is 11.8. The minimum Gasteiger partial charge on any atom is -0.497 e. The van der Waals surface area contributed by atoms with Crippen LogP contribution in [0.15, 0.2) is 48.5 Å². The lowest BCUT2D eigenvalue weighted by atomic mass is 10.2. The van der Waals surface area contributed by atoms with Crippen molar-refractivity contribution in [3.8, 4) is 5.75 Å². The summed E-state index contributed by atoms with van der Waals surface area (Å²) in [6.45, 7) is 1.45. The van der Waals surface area contributed by atoms with Crippen LogP contribution >= 0.6 is 11.6 Å². The number of ether oxygens (including phenoxy) is 2. The Morgan fingerprint density at radius 3 is 2.72 bits per heavy atom. The molecule has 0 spiro atoms. The van der Waals surface area contributed by atoms with Crippen LogP contribution in [0.1, 0.15) is 11.1 Å². The summed E-state index contributed by atoms with van der Waals surface area (Å²) < 4.78 is 10.0. The summed E-state index contributed by atoms with van der Waals surface area (Å²) in [6, 6.07) is 12.3. The van der Waals surface area contributed by atoms with Gasteiger partial charge in [0.05, 0.1) is 7.11 Å². The fraction of sp³-hybridized carbons (Fsp3) is 0.158. The lowest BCUT2D eigenvalue weighted by molar-refractivity contribution is -0.142. The van der Waals surface area contributed by atoms with Crippen LogP contribution < -0.4 is 10.1 Å². The van der Waals surface area contributed by atoms with Gasteiger partial charge in [-0.1, -0.05) is 23.7 Å². The van der Waals surface area contributed by atoms with Crippen molar-refractivity contribution in [2.75, 3.05) is 19.0 Å². The highest BCUT2D eigenvalue weighted by atomic mass is 35.5. The van der Waals surface area contributed by atoms with Gasteiger partial charge in [-0.05, 0) is 54.5 Å². The van der Waals surface area contributed by atoms with Gasteiger partial charge in [-0.25, -0.2) is 4.79 Å². The second-order valence-corrected chi connectivity index (χ2v) is 5.66. The molecule has 0 bridgehead atoms. The number of benzene rings is 2. The molecule has 0 aliphatic rings. The third kappa shape index (κ3) is 5.97. The Balaban J connectivity index is 1.84. The van der Waals surface area contributed by atoms with E-state index < -0.39 is 11.9 Å². The van der Waals surface area contributed by atoms with Crippen molar-refractivity contribution in [2.45, 2.75) is 6.92 Å². The molecule has 2 rings (SSSR count). The predicted molar refractivity (Wildman–Crippen MR) is 97.8 cm³/mol. The number of rotatable bonds is 6. The lowest BCUT2D eigenvalue weighted by Gasteiger charge is -2.08. The molecule has 0 unspecified atom stereocenters. The molecule has 0 saturated carbocycles. The van der Waals surface area contributed by atoms with Gasteiger partial charge in [0.2, 0.25) is 0 Å². The molecule has 6 heteroatoms. The molecule has 5 nitrogen and oxygen atoms in total. The number of carbonyl (C=O) groups is 2. The first-order valence-electron chi connectivity index (χ1n) is 7.53. The normalized spacial score (nSPS) is 10.5. The lowest BCUT2D eigenvalue weighted by Crippen LogP contribution is -2.20. The van der Waals surface area contributed by atoms with Crippen molar-refractivity contribution in [3.63, 3.8) is 0 Å². The summed E-state index contributed by atoms with van der Waals surface area (Å²) in [7, 11) is 1.57. The molecule has 0 radical (unpaired) electrons. The fourth-order valence-electron chi connectivity index (χ4n) is 2.05. The Morgan fingerprint density at radius 1 is 1.20 bits per heavy atom. The average Bonchev–Trinajstić information content (AvgIpc) is 2.60. The van der Waals surface area contributed by atoms with Crippen LogP contribution in [0.2, 0.25) is 5.02 Å². The van der Waals surface area contributed by atoms with Gasteiger partial charge in [-0.15, -0.1) is 0 Å². The zero-order valence-corrected chi connectivity index (χ0v) is 14.7. The molecule has 0 saturated heterocycles. The molecule has 0 aliphatic heterocycles. The molecule has 0 fully saturated rings. The van der Waals surface area contributed by atoms with E-state index in [0.717, 1.165) is 11.1 Å². The Kier molecular flexibility index (Phi) is 6.60. The number of carbonyl (C=O) groups excluding carboxylic acids is 2. The van der Waals surface area contributed by atoms with E-state index in [9.17, 15) is 9.59 Å². The highest BCUT2D eigenvalue weighted by molar-refractivity contribution is 6.30. The summed E-state index contributed by atoms with van der Waals surface area (Å²) in [5.41, 5.74) is 2.24. The quantitative estimate of drug-likeness (QED) is 0.628. The monoisotopic (exact) mass is 359 g/mol. The smallest absolute Gasteiger partial charge is 0.331 e. The number of anilines is 1. The van der Waals surface area contributed by atoms with E-state index in [1.807, 2.05) is 19.1 Å². The van der Waals surface area contributed by atoms with Gasteiger partial charge in [0.25, 0.3) is 5.91 Å². The molecule has 0 atom stereocenters. The third-order valence-electron chi connectivity index (χ3n) is 3.31. The second-order valence-electron chi connectivity index (χ2n) is 5.23. The molecule has 0 heterocycles. The summed E-state index contributed by atoms with van der Waals surface area (Å²) in [6.07, 6.45) is 2.85. The van der Waals surface area contributed by atoms with Gasteiger partial charge >= 0.3 is 5.97 Å². The molecule has 0 aliphatic carbocycles. The van der Waals surface area contributed by atoms with E-state index in [0.29, 0.717) is 16.5 Å². The Hall–Kier alpha value is -2.79. The van der Waals surface area contributed by atoms with Crippen molar-refractivity contribution >= 4 is 35.2 Å². The number of aryl methyl sites for hydroxylation is 1. The topological polar surface area (TPSA) is 64.6 Å². The van der Waals surface area contributed by atoms with Gasteiger partial charge in [0, 0.05) is 16.8 Å². The number of amides is 1. The summed E-state index contributed by atoms with van der Waals surface area (Å²) in [4.78, 5) is 23.6. The first-order valence-corrected chi connectivity index (χ1v) is 7.90. The van der Waals surface area contributed by atoms with Gasteiger partial charge in [-0.2, -0.15) is 0 Å². The molecule has 25 heavy (non-hydrogen) atoms. The Bertz CT molecular complexity index is 802. The number of esters is 1. The first kappa shape index (κ1) is 18.5. The van der Waals surface area contributed by atoms with Gasteiger partial charge in [0.15, 0.2) is 6.61 Å². The molecule has 0 aromatic heterocycles. The Morgan fingerprint density at radius 2 is 2.00 bits per heavy atom. The van der Waals surface area contributed by atoms with E-state index in [4.69, 9.17) is 21.1 Å². The van der Waals surface area contributed by atoms with E-state index in [-0.39, 0.29) is 6.61 Å². The van der Waals surface area contributed by atoms with Crippen molar-refractivity contribution in [2.24, 2.45) is 0 Å². The van der Waals surface area contributed by atoms with E-state index in [1.165, 1.54) is 6.08 Å². The zero-order chi connectivity index (χ0) is 18.2. The largest absolute Gasteiger partial charge is 0.497 e. The number of halogens is 1. The molecule has 1 N–H and O–H groups in total. The van der Waals surface area contributed by atoms with Crippen molar-refractivity contribution in [1.82, 2.24) is 0 Å². The molecule has 1 amide bonds. The highest BCUT2D eigenvalue weighted by Crippen LogP contribution is 2.19. The zero-order valence-electron chi connectivity index (χ0n) is 13.9. The average molecular weight is 360 g/mol. The first-order chi connectivity index (χ1) is 12.0. The van der Waals surface area contributed by atoms with Crippen LogP contribution in [0.25, 0.3) is 6.08 Å². The van der Waals surface area contributed by atoms with Crippen LogP contribution in [0.3, 0.4) is 0 Å². The van der Waals surface area contributed by atoms with Gasteiger partial charge < -0.3 is 14.8 Å². The van der Waals surface area contributed by atoms with E-state index >= 15 is 0 Å². The molecule has 2 aromatic rings. The number of methoxy groups -OCH3 is 1.